The quantitative estimate of drug-likeness (QED) is 0.737. The molecule has 2 aromatic rings. The monoisotopic (exact) mass is 395 g/mol. The third-order valence-corrected chi connectivity index (χ3v) is 5.26. The van der Waals surface area contributed by atoms with Crippen LogP contribution in [0, 0.1) is 6.92 Å². The first kappa shape index (κ1) is 17.7. The Morgan fingerprint density at radius 1 is 1.04 bits per heavy atom. The van der Waals surface area contributed by atoms with Crippen LogP contribution < -0.4 is 4.31 Å². The number of nitrogens with zero attached hydrogens (tertiary/aromatic N) is 1. The predicted octanol–water partition coefficient (Wildman–Crippen LogP) is 3.89. The van der Waals surface area contributed by atoms with Gasteiger partial charge in [-0.25, -0.2) is 12.7 Å². The largest absolute Gasteiger partial charge is 0.272 e. The van der Waals surface area contributed by atoms with E-state index in [-0.39, 0.29) is 4.90 Å². The summed E-state index contributed by atoms with van der Waals surface area (Å²) in [7, 11) is -4.01. The van der Waals surface area contributed by atoms with Crippen molar-refractivity contribution in [1.29, 1.82) is 0 Å². The van der Waals surface area contributed by atoms with Gasteiger partial charge in [-0.15, -0.1) is 0 Å². The highest BCUT2D eigenvalue weighted by Gasteiger charge is 2.38. The number of benzene rings is 2. The average molecular weight is 396 g/mol. The van der Waals surface area contributed by atoms with Crippen molar-refractivity contribution in [3.05, 3.63) is 60.2 Å². The number of hydrogen-bond acceptors (Lipinski definition) is 3. The Balaban J connectivity index is 2.65. The molecule has 0 aliphatic rings. The van der Waals surface area contributed by atoms with Gasteiger partial charge in [-0.3, -0.25) is 4.79 Å². The van der Waals surface area contributed by atoms with Crippen molar-refractivity contribution in [3.63, 3.8) is 0 Å². The third-order valence-electron chi connectivity index (χ3n) is 3.21. The Labute approximate surface area is 145 Å². The van der Waals surface area contributed by atoms with Gasteiger partial charge >= 0.3 is 0 Å². The van der Waals surface area contributed by atoms with Crippen LogP contribution in [-0.2, 0) is 14.8 Å². The van der Waals surface area contributed by atoms with E-state index in [0.717, 1.165) is 9.87 Å². The van der Waals surface area contributed by atoms with Gasteiger partial charge in [0.15, 0.2) is 0 Å². The van der Waals surface area contributed by atoms with Gasteiger partial charge in [0.25, 0.3) is 15.9 Å². The zero-order valence-corrected chi connectivity index (χ0v) is 15.6. The molecule has 0 bridgehead atoms. The summed E-state index contributed by atoms with van der Waals surface area (Å²) in [5.41, 5.74) is 1.12. The van der Waals surface area contributed by atoms with Crippen molar-refractivity contribution in [2.75, 3.05) is 4.31 Å². The third kappa shape index (κ3) is 3.82. The van der Waals surface area contributed by atoms with Gasteiger partial charge in [0, 0.05) is 0 Å². The van der Waals surface area contributed by atoms with Gasteiger partial charge < -0.3 is 0 Å². The van der Waals surface area contributed by atoms with E-state index in [2.05, 4.69) is 15.9 Å². The minimum Gasteiger partial charge on any atom is -0.272 e. The lowest BCUT2D eigenvalue weighted by Crippen LogP contribution is -2.45. The van der Waals surface area contributed by atoms with Crippen molar-refractivity contribution in [2.45, 2.75) is 30.0 Å². The molecule has 0 fully saturated rings. The van der Waals surface area contributed by atoms with Crippen LogP contribution >= 0.6 is 15.9 Å². The first-order chi connectivity index (χ1) is 10.6. The Hall–Kier alpha value is -1.66. The molecule has 6 heteroatoms. The molecule has 0 aromatic heterocycles. The molecule has 0 saturated heterocycles. The van der Waals surface area contributed by atoms with Crippen molar-refractivity contribution in [1.82, 2.24) is 0 Å². The number of anilines is 1. The molecule has 23 heavy (non-hydrogen) atoms. The second-order valence-electron chi connectivity index (χ2n) is 5.70. The number of rotatable bonds is 4. The topological polar surface area (TPSA) is 54.5 Å². The van der Waals surface area contributed by atoms with Crippen LogP contribution in [0.2, 0.25) is 0 Å². The molecule has 0 saturated carbocycles. The summed E-state index contributed by atoms with van der Waals surface area (Å²) in [6, 6.07) is 14.9. The van der Waals surface area contributed by atoms with Gasteiger partial charge in [-0.05, 0) is 50.6 Å². The molecule has 0 aliphatic heterocycles. The Morgan fingerprint density at radius 2 is 1.65 bits per heavy atom. The van der Waals surface area contributed by atoms with E-state index in [4.69, 9.17) is 0 Å². The highest BCUT2D eigenvalue weighted by atomic mass is 79.9. The highest BCUT2D eigenvalue weighted by Crippen LogP contribution is 2.30. The molecular formula is C17H18BrNO3S. The molecule has 0 unspecified atom stereocenters. The molecule has 1 amide bonds. The summed E-state index contributed by atoms with van der Waals surface area (Å²) in [5.74, 6) is -0.551. The van der Waals surface area contributed by atoms with Crippen LogP contribution in [0.15, 0.2) is 59.5 Å². The molecule has 0 spiro atoms. The maximum Gasteiger partial charge on any atom is 0.270 e. The van der Waals surface area contributed by atoms with Gasteiger partial charge in [-0.1, -0.05) is 46.3 Å². The molecule has 0 heterocycles. The molecule has 0 N–H and O–H groups in total. The Kier molecular flexibility index (Phi) is 4.96. The summed E-state index contributed by atoms with van der Waals surface area (Å²) >= 11 is 3.27. The summed E-state index contributed by atoms with van der Waals surface area (Å²) in [6.45, 7) is 5.05. The minimum atomic E-state index is -4.01. The first-order valence-electron chi connectivity index (χ1n) is 7.04. The van der Waals surface area contributed by atoms with Crippen LogP contribution in [0.4, 0.5) is 5.69 Å². The summed E-state index contributed by atoms with van der Waals surface area (Å²) < 4.78 is 26.0. The SMILES string of the molecule is Cc1cccc(S(=O)(=O)N(C(=O)C(C)(C)Br)c2ccccc2)c1. The molecular weight excluding hydrogens is 378 g/mol. The number of halogens is 1. The summed E-state index contributed by atoms with van der Waals surface area (Å²) in [6.07, 6.45) is 0. The second kappa shape index (κ2) is 6.45. The smallest absolute Gasteiger partial charge is 0.270 e. The second-order valence-corrected chi connectivity index (χ2v) is 9.47. The molecule has 4 nitrogen and oxygen atoms in total. The number of amides is 1. The van der Waals surface area contributed by atoms with E-state index in [0.29, 0.717) is 5.69 Å². The molecule has 122 valence electrons. The Bertz CT molecular complexity index is 811. The number of carbonyl (C=O) groups is 1. The van der Waals surface area contributed by atoms with E-state index in [9.17, 15) is 13.2 Å². The van der Waals surface area contributed by atoms with E-state index in [1.165, 1.54) is 6.07 Å². The fraction of sp³-hybridized carbons (Fsp3) is 0.235. The number of sulfonamides is 1. The normalized spacial score (nSPS) is 12.0. The predicted molar refractivity (Wildman–Crippen MR) is 95.3 cm³/mol. The number of alkyl halides is 1. The lowest BCUT2D eigenvalue weighted by Gasteiger charge is -2.28. The van der Waals surface area contributed by atoms with Gasteiger partial charge in [0.05, 0.1) is 10.6 Å². The van der Waals surface area contributed by atoms with Crippen LogP contribution in [0.25, 0.3) is 0 Å². The molecule has 0 radical (unpaired) electrons. The van der Waals surface area contributed by atoms with Crippen LogP contribution in [0.5, 0.6) is 0 Å². The van der Waals surface area contributed by atoms with Crippen molar-refractivity contribution in [3.8, 4) is 0 Å². The molecule has 2 rings (SSSR count). The number of aryl methyl sites for hydroxylation is 1. The molecule has 0 aliphatic carbocycles. The van der Waals surface area contributed by atoms with Crippen LogP contribution in [0.3, 0.4) is 0 Å². The number of para-hydroxylation sites is 1. The lowest BCUT2D eigenvalue weighted by molar-refractivity contribution is -0.118. The summed E-state index contributed by atoms with van der Waals surface area (Å²) in [5, 5.41) is 0. The fourth-order valence-electron chi connectivity index (χ4n) is 2.05. The lowest BCUT2D eigenvalue weighted by atomic mass is 10.2. The maximum atomic E-state index is 13.1. The molecule has 2 aromatic carbocycles. The standard InChI is InChI=1S/C17H18BrNO3S/c1-13-8-7-11-15(12-13)23(21,22)19(16(20)17(2,3)18)14-9-5-4-6-10-14/h4-12H,1-3H3. The van der Waals surface area contributed by atoms with Gasteiger partial charge in [-0.2, -0.15) is 0 Å². The number of carbonyl (C=O) groups excluding carboxylic acids is 1. The van der Waals surface area contributed by atoms with Crippen molar-refractivity contribution in [2.24, 2.45) is 0 Å². The van der Waals surface area contributed by atoms with Gasteiger partial charge in [0.2, 0.25) is 0 Å². The maximum absolute atomic E-state index is 13.1. The van der Waals surface area contributed by atoms with Crippen LogP contribution in [-0.4, -0.2) is 18.6 Å². The highest BCUT2D eigenvalue weighted by molar-refractivity contribution is 9.10. The Morgan fingerprint density at radius 3 is 2.17 bits per heavy atom. The first-order valence-corrected chi connectivity index (χ1v) is 9.28. The van der Waals surface area contributed by atoms with E-state index >= 15 is 0 Å². The number of hydrogen-bond donors (Lipinski definition) is 0. The average Bonchev–Trinajstić information content (AvgIpc) is 2.47. The van der Waals surface area contributed by atoms with E-state index in [1.807, 2.05) is 13.0 Å². The molecule has 0 atom stereocenters. The zero-order chi connectivity index (χ0) is 17.3. The van der Waals surface area contributed by atoms with Gasteiger partial charge in [0.1, 0.15) is 4.32 Å². The van der Waals surface area contributed by atoms with E-state index < -0.39 is 20.3 Å². The minimum absolute atomic E-state index is 0.0893. The van der Waals surface area contributed by atoms with Crippen LogP contribution in [0.1, 0.15) is 19.4 Å². The summed E-state index contributed by atoms with van der Waals surface area (Å²) in [4.78, 5) is 12.9. The van der Waals surface area contributed by atoms with Crippen molar-refractivity contribution < 1.29 is 13.2 Å². The zero-order valence-electron chi connectivity index (χ0n) is 13.2. The van der Waals surface area contributed by atoms with Crippen molar-refractivity contribution >= 4 is 37.5 Å². The fourth-order valence-corrected chi connectivity index (χ4v) is 3.99. The van der Waals surface area contributed by atoms with E-state index in [1.54, 1.807) is 56.3 Å².